The van der Waals surface area contributed by atoms with Crippen LogP contribution in [0.5, 0.6) is 0 Å². The summed E-state index contributed by atoms with van der Waals surface area (Å²) in [5.74, 6) is 0.130. The second kappa shape index (κ2) is 5.46. The Morgan fingerprint density at radius 1 is 1.30 bits per heavy atom. The summed E-state index contributed by atoms with van der Waals surface area (Å²) in [6.45, 7) is 5.43. The quantitative estimate of drug-likeness (QED) is 0.741. The molecule has 0 spiro atoms. The average Bonchev–Trinajstić information content (AvgIpc) is 3.07. The topological polar surface area (TPSA) is 78.8 Å². The van der Waals surface area contributed by atoms with Crippen molar-refractivity contribution in [3.05, 3.63) is 29.8 Å². The van der Waals surface area contributed by atoms with E-state index in [1.54, 1.807) is 12.1 Å². The van der Waals surface area contributed by atoms with Crippen LogP contribution in [0, 0.1) is 0 Å². The molecule has 1 aromatic rings. The normalized spacial score (nSPS) is 21.2. The zero-order chi connectivity index (χ0) is 14.9. The summed E-state index contributed by atoms with van der Waals surface area (Å²) >= 11 is 0. The largest absolute Gasteiger partial charge is 0.455 e. The van der Waals surface area contributed by atoms with Gasteiger partial charge in [0.1, 0.15) is 5.60 Å². The van der Waals surface area contributed by atoms with Crippen LogP contribution >= 0.6 is 0 Å². The molecule has 0 radical (unpaired) electrons. The van der Waals surface area contributed by atoms with Crippen molar-refractivity contribution in [2.45, 2.75) is 44.5 Å². The molecule has 3 N–H and O–H groups in total. The Bertz CT molecular complexity index is 481. The Balaban J connectivity index is 1.91. The zero-order valence-corrected chi connectivity index (χ0v) is 12.0. The van der Waals surface area contributed by atoms with Gasteiger partial charge in [0.05, 0.1) is 0 Å². The molecule has 1 fully saturated rings. The molecule has 0 aliphatic heterocycles. The standard InChI is InChI=1S/C14H20BNO4/c1-14(2,3)20-13(17)16-10-6-4-9(5-7-10)11-8-12(11)15(18)19/h4-7,11-12,18-19H,8H2,1-3H3,(H,16,17)/t11-,12+/m0/s1. The fourth-order valence-electron chi connectivity index (χ4n) is 2.16. The van der Waals surface area contributed by atoms with E-state index >= 15 is 0 Å². The van der Waals surface area contributed by atoms with E-state index in [0.717, 1.165) is 12.0 Å². The van der Waals surface area contributed by atoms with Gasteiger partial charge in [-0.25, -0.2) is 4.79 Å². The summed E-state index contributed by atoms with van der Waals surface area (Å²) in [4.78, 5) is 11.6. The molecule has 0 unspecified atom stereocenters. The number of carbonyl (C=O) groups is 1. The average molecular weight is 277 g/mol. The van der Waals surface area contributed by atoms with Gasteiger partial charge < -0.3 is 14.8 Å². The van der Waals surface area contributed by atoms with Crippen LogP contribution in [-0.2, 0) is 4.74 Å². The van der Waals surface area contributed by atoms with Gasteiger partial charge in [0, 0.05) is 11.5 Å². The molecule has 0 bridgehead atoms. The summed E-state index contributed by atoms with van der Waals surface area (Å²) in [5, 5.41) is 20.8. The van der Waals surface area contributed by atoms with Crippen molar-refractivity contribution in [2.75, 3.05) is 5.32 Å². The summed E-state index contributed by atoms with van der Waals surface area (Å²) in [6, 6.07) is 7.36. The Morgan fingerprint density at radius 3 is 2.35 bits per heavy atom. The van der Waals surface area contributed by atoms with Crippen molar-refractivity contribution in [3.8, 4) is 0 Å². The van der Waals surface area contributed by atoms with Crippen LogP contribution in [0.25, 0.3) is 0 Å². The van der Waals surface area contributed by atoms with Crippen LogP contribution in [0.4, 0.5) is 10.5 Å². The van der Waals surface area contributed by atoms with Gasteiger partial charge in [0.15, 0.2) is 0 Å². The minimum Gasteiger partial charge on any atom is -0.444 e. The van der Waals surface area contributed by atoms with Crippen molar-refractivity contribution >= 4 is 18.9 Å². The van der Waals surface area contributed by atoms with E-state index in [4.69, 9.17) is 14.8 Å². The molecule has 0 saturated heterocycles. The minimum atomic E-state index is -1.25. The maximum Gasteiger partial charge on any atom is 0.455 e. The molecule has 0 heterocycles. The van der Waals surface area contributed by atoms with Crippen LogP contribution in [0.3, 0.4) is 0 Å². The third-order valence-corrected chi connectivity index (χ3v) is 3.21. The van der Waals surface area contributed by atoms with Gasteiger partial charge in [-0.2, -0.15) is 0 Å². The molecule has 1 amide bonds. The highest BCUT2D eigenvalue weighted by atomic mass is 16.6. The number of ether oxygens (including phenoxy) is 1. The lowest BCUT2D eigenvalue weighted by atomic mass is 9.81. The summed E-state index contributed by atoms with van der Waals surface area (Å²) in [5.41, 5.74) is 1.19. The molecule has 20 heavy (non-hydrogen) atoms. The molecule has 6 heteroatoms. The molecule has 1 aromatic carbocycles. The van der Waals surface area contributed by atoms with Crippen LogP contribution in [0.15, 0.2) is 24.3 Å². The minimum absolute atomic E-state index is 0.0698. The molecule has 2 atom stereocenters. The maximum absolute atomic E-state index is 11.6. The number of hydrogen-bond acceptors (Lipinski definition) is 4. The number of anilines is 1. The predicted octanol–water partition coefficient (Wildman–Crippen LogP) is 2.36. The molecule has 1 aliphatic rings. The molecule has 1 aliphatic carbocycles. The molecule has 2 rings (SSSR count). The van der Waals surface area contributed by atoms with Crippen LogP contribution in [0.2, 0.25) is 5.82 Å². The fraction of sp³-hybridized carbons (Fsp3) is 0.500. The summed E-state index contributed by atoms with van der Waals surface area (Å²) in [6.07, 6.45) is 0.302. The van der Waals surface area contributed by atoms with E-state index in [2.05, 4.69) is 5.32 Å². The third-order valence-electron chi connectivity index (χ3n) is 3.21. The Kier molecular flexibility index (Phi) is 4.06. The van der Waals surface area contributed by atoms with Crippen molar-refractivity contribution in [1.82, 2.24) is 0 Å². The van der Waals surface area contributed by atoms with Gasteiger partial charge >= 0.3 is 13.2 Å². The lowest BCUT2D eigenvalue weighted by Crippen LogP contribution is -2.27. The van der Waals surface area contributed by atoms with Crippen LogP contribution < -0.4 is 5.32 Å². The number of benzene rings is 1. The van der Waals surface area contributed by atoms with E-state index in [9.17, 15) is 4.79 Å². The van der Waals surface area contributed by atoms with Gasteiger partial charge in [-0.05, 0) is 50.8 Å². The van der Waals surface area contributed by atoms with Crippen molar-refractivity contribution < 1.29 is 19.6 Å². The molecular weight excluding hydrogens is 257 g/mol. The second-order valence-electron chi connectivity index (χ2n) is 6.17. The first-order valence-electron chi connectivity index (χ1n) is 6.72. The number of amides is 1. The third kappa shape index (κ3) is 3.98. The smallest absolute Gasteiger partial charge is 0.444 e. The first-order chi connectivity index (χ1) is 9.26. The number of nitrogens with one attached hydrogen (secondary N) is 1. The van der Waals surface area contributed by atoms with Crippen molar-refractivity contribution in [1.29, 1.82) is 0 Å². The van der Waals surface area contributed by atoms with Crippen molar-refractivity contribution in [3.63, 3.8) is 0 Å². The maximum atomic E-state index is 11.6. The number of rotatable bonds is 3. The second-order valence-corrected chi connectivity index (χ2v) is 6.17. The van der Waals surface area contributed by atoms with E-state index in [0.29, 0.717) is 5.69 Å². The SMILES string of the molecule is CC(C)(C)OC(=O)Nc1ccc([C@@H]2C[C@H]2B(O)O)cc1. The first kappa shape index (κ1) is 14.9. The predicted molar refractivity (Wildman–Crippen MR) is 77.6 cm³/mol. The summed E-state index contributed by atoms with van der Waals surface area (Å²) < 4.78 is 5.16. The monoisotopic (exact) mass is 277 g/mol. The van der Waals surface area contributed by atoms with Gasteiger partial charge in [-0.1, -0.05) is 12.1 Å². The lowest BCUT2D eigenvalue weighted by molar-refractivity contribution is 0.0636. The van der Waals surface area contributed by atoms with Gasteiger partial charge in [-0.3, -0.25) is 5.32 Å². The molecule has 5 nitrogen and oxygen atoms in total. The Morgan fingerprint density at radius 2 is 1.90 bits per heavy atom. The molecule has 0 aromatic heterocycles. The Labute approximate surface area is 119 Å². The van der Waals surface area contributed by atoms with E-state index in [-0.39, 0.29) is 11.7 Å². The van der Waals surface area contributed by atoms with Crippen LogP contribution in [-0.4, -0.2) is 28.9 Å². The fourth-order valence-corrected chi connectivity index (χ4v) is 2.16. The number of carbonyl (C=O) groups excluding carboxylic acids is 1. The number of hydrogen-bond donors (Lipinski definition) is 3. The molecule has 108 valence electrons. The molecular formula is C14H20BNO4. The summed E-state index contributed by atoms with van der Waals surface area (Å²) in [7, 11) is -1.25. The van der Waals surface area contributed by atoms with E-state index in [1.165, 1.54) is 0 Å². The Hall–Kier alpha value is -1.53. The van der Waals surface area contributed by atoms with Crippen molar-refractivity contribution in [2.24, 2.45) is 0 Å². The molecule has 1 saturated carbocycles. The van der Waals surface area contributed by atoms with Gasteiger partial charge in [0.2, 0.25) is 0 Å². The van der Waals surface area contributed by atoms with E-state index in [1.807, 2.05) is 32.9 Å². The lowest BCUT2D eigenvalue weighted by Gasteiger charge is -2.19. The first-order valence-corrected chi connectivity index (χ1v) is 6.72. The van der Waals surface area contributed by atoms with Crippen LogP contribution in [0.1, 0.15) is 38.7 Å². The van der Waals surface area contributed by atoms with E-state index < -0.39 is 18.8 Å². The van der Waals surface area contributed by atoms with Gasteiger partial charge in [-0.15, -0.1) is 0 Å². The highest BCUT2D eigenvalue weighted by Gasteiger charge is 2.46. The highest BCUT2D eigenvalue weighted by Crippen LogP contribution is 2.53. The van der Waals surface area contributed by atoms with Gasteiger partial charge in [0.25, 0.3) is 0 Å². The highest BCUT2D eigenvalue weighted by molar-refractivity contribution is 6.44. The zero-order valence-electron chi connectivity index (χ0n) is 12.0.